The molecule has 0 radical (unpaired) electrons. The van der Waals surface area contributed by atoms with Crippen molar-refractivity contribution in [3.63, 3.8) is 0 Å². The third-order valence-corrected chi connectivity index (χ3v) is 2.73. The second-order valence-electron chi connectivity index (χ2n) is 3.85. The van der Waals surface area contributed by atoms with Gasteiger partial charge in [0.05, 0.1) is 6.61 Å². The molecule has 1 aromatic carbocycles. The summed E-state index contributed by atoms with van der Waals surface area (Å²) in [5.41, 5.74) is 1.16. The van der Waals surface area contributed by atoms with Crippen molar-refractivity contribution in [2.75, 3.05) is 18.1 Å². The van der Waals surface area contributed by atoms with Crippen LogP contribution in [0.4, 0.5) is 5.82 Å². The predicted octanol–water partition coefficient (Wildman–Crippen LogP) is 2.13. The van der Waals surface area contributed by atoms with E-state index in [1.807, 2.05) is 35.2 Å². The van der Waals surface area contributed by atoms with Crippen LogP contribution in [0.15, 0.2) is 42.5 Å². The van der Waals surface area contributed by atoms with Gasteiger partial charge in [0, 0.05) is 13.1 Å². The summed E-state index contributed by atoms with van der Waals surface area (Å²) in [7, 11) is 0. The molecule has 0 saturated heterocycles. The first kappa shape index (κ1) is 12.8. The van der Waals surface area contributed by atoms with E-state index >= 15 is 0 Å². The second-order valence-corrected chi connectivity index (χ2v) is 4.23. The Morgan fingerprint density at radius 1 is 1.06 bits per heavy atom. The summed E-state index contributed by atoms with van der Waals surface area (Å²) in [5, 5.41) is 17.3. The summed E-state index contributed by atoms with van der Waals surface area (Å²) in [6.45, 7) is 1.25. The maximum absolute atomic E-state index is 9.11. The Hall–Kier alpha value is -1.65. The zero-order valence-corrected chi connectivity index (χ0v) is 10.6. The molecule has 0 aliphatic carbocycles. The van der Waals surface area contributed by atoms with Crippen molar-refractivity contribution in [3.8, 4) is 0 Å². The molecule has 0 atom stereocenters. The molecule has 2 rings (SSSR count). The van der Waals surface area contributed by atoms with E-state index in [4.69, 9.17) is 16.7 Å². The van der Waals surface area contributed by atoms with E-state index in [9.17, 15) is 0 Å². The summed E-state index contributed by atoms with van der Waals surface area (Å²) in [6, 6.07) is 13.5. The zero-order valence-electron chi connectivity index (χ0n) is 9.83. The molecule has 0 fully saturated rings. The van der Waals surface area contributed by atoms with Crippen molar-refractivity contribution >= 4 is 17.4 Å². The molecule has 18 heavy (non-hydrogen) atoms. The lowest BCUT2D eigenvalue weighted by molar-refractivity contribution is 0.301. The Kier molecular flexibility index (Phi) is 4.50. The molecule has 0 amide bonds. The highest BCUT2D eigenvalue weighted by Crippen LogP contribution is 2.14. The number of nitrogens with zero attached hydrogens (tertiary/aromatic N) is 3. The zero-order chi connectivity index (χ0) is 12.8. The lowest BCUT2D eigenvalue weighted by atomic mass is 10.2. The monoisotopic (exact) mass is 263 g/mol. The molecule has 0 aliphatic rings. The number of rotatable bonds is 5. The van der Waals surface area contributed by atoms with Crippen LogP contribution in [0.1, 0.15) is 5.56 Å². The predicted molar refractivity (Wildman–Crippen MR) is 71.6 cm³/mol. The average Bonchev–Trinajstić information content (AvgIpc) is 2.40. The summed E-state index contributed by atoms with van der Waals surface area (Å²) < 4.78 is 0. The first-order chi connectivity index (χ1) is 8.79. The van der Waals surface area contributed by atoms with Crippen LogP contribution in [-0.2, 0) is 6.54 Å². The summed E-state index contributed by atoms with van der Waals surface area (Å²) >= 11 is 5.71. The van der Waals surface area contributed by atoms with Crippen molar-refractivity contribution in [1.29, 1.82) is 0 Å². The molecule has 0 saturated carbocycles. The first-order valence-electron chi connectivity index (χ1n) is 5.68. The van der Waals surface area contributed by atoms with Crippen LogP contribution in [0.3, 0.4) is 0 Å². The van der Waals surface area contributed by atoms with Crippen LogP contribution in [-0.4, -0.2) is 28.5 Å². The second kappa shape index (κ2) is 6.33. The highest BCUT2D eigenvalue weighted by molar-refractivity contribution is 6.29. The molecule has 1 N–H and O–H groups in total. The van der Waals surface area contributed by atoms with E-state index in [2.05, 4.69) is 10.2 Å². The number of hydrogen-bond donors (Lipinski definition) is 1. The van der Waals surface area contributed by atoms with Gasteiger partial charge in [-0.25, -0.2) is 0 Å². The minimum atomic E-state index is 0.0666. The van der Waals surface area contributed by atoms with Gasteiger partial charge < -0.3 is 10.0 Å². The van der Waals surface area contributed by atoms with Gasteiger partial charge >= 0.3 is 0 Å². The molecule has 2 aromatic rings. The van der Waals surface area contributed by atoms with E-state index in [1.165, 1.54) is 0 Å². The van der Waals surface area contributed by atoms with Crippen molar-refractivity contribution in [3.05, 3.63) is 53.2 Å². The van der Waals surface area contributed by atoms with Crippen LogP contribution in [0.5, 0.6) is 0 Å². The fourth-order valence-corrected chi connectivity index (χ4v) is 1.78. The molecule has 4 nitrogen and oxygen atoms in total. The summed E-state index contributed by atoms with van der Waals surface area (Å²) in [5.74, 6) is 0.706. The van der Waals surface area contributed by atoms with Crippen LogP contribution in [0.2, 0.25) is 5.15 Å². The molecule has 0 unspecified atom stereocenters. The number of hydrogen-bond acceptors (Lipinski definition) is 4. The standard InChI is InChI=1S/C13H14ClN3O/c14-12-6-7-13(16-15-12)17(8-9-18)10-11-4-2-1-3-5-11/h1-7,18H,8-10H2. The topological polar surface area (TPSA) is 49.2 Å². The molecule has 0 bridgehead atoms. The third kappa shape index (κ3) is 3.42. The van der Waals surface area contributed by atoms with E-state index in [-0.39, 0.29) is 6.61 Å². The Balaban J connectivity index is 2.15. The fourth-order valence-electron chi connectivity index (χ4n) is 1.68. The van der Waals surface area contributed by atoms with Gasteiger partial charge in [0.1, 0.15) is 0 Å². The van der Waals surface area contributed by atoms with Crippen LogP contribution < -0.4 is 4.90 Å². The highest BCUT2D eigenvalue weighted by Gasteiger charge is 2.08. The van der Waals surface area contributed by atoms with Gasteiger partial charge in [0.15, 0.2) is 11.0 Å². The van der Waals surface area contributed by atoms with Gasteiger partial charge in [0.25, 0.3) is 0 Å². The van der Waals surface area contributed by atoms with Crippen molar-refractivity contribution < 1.29 is 5.11 Å². The molecule has 0 spiro atoms. The van der Waals surface area contributed by atoms with Gasteiger partial charge in [-0.2, -0.15) is 0 Å². The molecule has 1 heterocycles. The third-order valence-electron chi connectivity index (χ3n) is 2.53. The number of halogens is 1. The Morgan fingerprint density at radius 2 is 1.83 bits per heavy atom. The van der Waals surface area contributed by atoms with Gasteiger partial charge in [-0.3, -0.25) is 0 Å². The Morgan fingerprint density at radius 3 is 2.44 bits per heavy atom. The smallest absolute Gasteiger partial charge is 0.151 e. The molecule has 94 valence electrons. The number of aliphatic hydroxyl groups is 1. The normalized spacial score (nSPS) is 10.3. The summed E-state index contributed by atoms with van der Waals surface area (Å²) in [6.07, 6.45) is 0. The molecular formula is C13H14ClN3O. The number of aliphatic hydroxyl groups excluding tert-OH is 1. The summed E-state index contributed by atoms with van der Waals surface area (Å²) in [4.78, 5) is 1.96. The molecule has 1 aromatic heterocycles. The first-order valence-corrected chi connectivity index (χ1v) is 6.06. The average molecular weight is 264 g/mol. The number of benzene rings is 1. The van der Waals surface area contributed by atoms with Gasteiger partial charge in [-0.05, 0) is 17.7 Å². The molecule has 0 aliphatic heterocycles. The maximum atomic E-state index is 9.11. The Bertz CT molecular complexity index is 475. The van der Waals surface area contributed by atoms with E-state index in [1.54, 1.807) is 12.1 Å². The van der Waals surface area contributed by atoms with Crippen molar-refractivity contribution in [1.82, 2.24) is 10.2 Å². The van der Waals surface area contributed by atoms with Crippen LogP contribution >= 0.6 is 11.6 Å². The van der Waals surface area contributed by atoms with Crippen LogP contribution in [0.25, 0.3) is 0 Å². The number of anilines is 1. The quantitative estimate of drug-likeness (QED) is 0.898. The lowest BCUT2D eigenvalue weighted by Crippen LogP contribution is -2.27. The van der Waals surface area contributed by atoms with Crippen molar-refractivity contribution in [2.24, 2.45) is 0 Å². The van der Waals surface area contributed by atoms with E-state index in [0.29, 0.717) is 24.1 Å². The Labute approximate surface area is 111 Å². The minimum Gasteiger partial charge on any atom is -0.395 e. The number of aromatic nitrogens is 2. The van der Waals surface area contributed by atoms with E-state index in [0.717, 1.165) is 5.56 Å². The largest absolute Gasteiger partial charge is 0.395 e. The van der Waals surface area contributed by atoms with Crippen LogP contribution in [0, 0.1) is 0 Å². The molecule has 5 heteroatoms. The lowest BCUT2D eigenvalue weighted by Gasteiger charge is -2.22. The minimum absolute atomic E-state index is 0.0666. The fraction of sp³-hybridized carbons (Fsp3) is 0.231. The SMILES string of the molecule is OCCN(Cc1ccccc1)c1ccc(Cl)nn1. The highest BCUT2D eigenvalue weighted by atomic mass is 35.5. The van der Waals surface area contributed by atoms with E-state index < -0.39 is 0 Å². The van der Waals surface area contributed by atoms with Gasteiger partial charge in [-0.15, -0.1) is 10.2 Å². The van der Waals surface area contributed by atoms with Gasteiger partial charge in [-0.1, -0.05) is 41.9 Å². The molecular weight excluding hydrogens is 250 g/mol. The van der Waals surface area contributed by atoms with Gasteiger partial charge in [0.2, 0.25) is 0 Å². The van der Waals surface area contributed by atoms with Crippen molar-refractivity contribution in [2.45, 2.75) is 6.54 Å². The maximum Gasteiger partial charge on any atom is 0.151 e.